The molecule has 0 aliphatic carbocycles. The fourth-order valence-corrected chi connectivity index (χ4v) is 5.62. The molecule has 25 heavy (non-hydrogen) atoms. The Kier molecular flexibility index (Phi) is 7.54. The van der Waals surface area contributed by atoms with Gasteiger partial charge < -0.3 is 9.05 Å². The minimum Gasteiger partial charge on any atom is -0.308 e. The molecule has 7 heteroatoms. The third kappa shape index (κ3) is 5.33. The van der Waals surface area contributed by atoms with Crippen molar-refractivity contribution < 1.29 is 17.8 Å². The molecule has 0 radical (unpaired) electrons. The van der Waals surface area contributed by atoms with Gasteiger partial charge in [0.1, 0.15) is 16.8 Å². The minimum atomic E-state index is -3.54. The number of nitrogens with one attached hydrogen (secondary N) is 1. The van der Waals surface area contributed by atoms with Crippen molar-refractivity contribution in [2.24, 2.45) is 0 Å². The van der Waals surface area contributed by atoms with Gasteiger partial charge in [-0.15, -0.1) is 0 Å². The number of aryl methyl sites for hydroxylation is 1. The van der Waals surface area contributed by atoms with E-state index in [0.29, 0.717) is 10.5 Å². The van der Waals surface area contributed by atoms with Crippen LogP contribution in [0, 0.1) is 6.92 Å². The predicted octanol–water partition coefficient (Wildman–Crippen LogP) is 4.57. The van der Waals surface area contributed by atoms with Crippen LogP contribution in [0.2, 0.25) is 0 Å². The molecular weight excluding hydrogens is 357 g/mol. The lowest BCUT2D eigenvalue weighted by molar-refractivity contribution is 0.210. The van der Waals surface area contributed by atoms with Crippen molar-refractivity contribution in [2.45, 2.75) is 31.4 Å². The molecule has 0 heterocycles. The van der Waals surface area contributed by atoms with Crippen LogP contribution >= 0.6 is 7.60 Å². The van der Waals surface area contributed by atoms with Crippen LogP contribution in [0.15, 0.2) is 59.5 Å². The summed E-state index contributed by atoms with van der Waals surface area (Å²) in [5, 5.41) is 0. The largest absolute Gasteiger partial charge is 0.352 e. The highest BCUT2D eigenvalue weighted by Gasteiger charge is 2.38. The Labute approximate surface area is 151 Å². The monoisotopic (exact) mass is 381 g/mol. The third-order valence-corrected chi connectivity index (χ3v) is 7.12. The maximum Gasteiger partial charge on any atom is 0.352 e. The van der Waals surface area contributed by atoms with Gasteiger partial charge in [0.25, 0.3) is 0 Å². The molecule has 2 rings (SSSR count). The second-order valence-electron chi connectivity index (χ2n) is 5.39. The topological polar surface area (TPSA) is 64.6 Å². The molecule has 0 amide bonds. The van der Waals surface area contributed by atoms with Crippen LogP contribution in [0.1, 0.15) is 30.8 Å². The van der Waals surface area contributed by atoms with E-state index in [-0.39, 0.29) is 13.2 Å². The maximum absolute atomic E-state index is 13.3. The standard InChI is InChI=1S/C18H24NO4PS/c1-4-22-24(20,23-5-2)18(16-9-7-6-8-10-16)19-25(21)17-13-11-15(3)12-14-17/h6-14,18-19H,4-5H2,1-3H3/t18-,25?/m1/s1. The van der Waals surface area contributed by atoms with Crippen molar-refractivity contribution in [3.8, 4) is 0 Å². The molecule has 0 spiro atoms. The Morgan fingerprint density at radius 1 is 1.00 bits per heavy atom. The van der Waals surface area contributed by atoms with Gasteiger partial charge in [0.2, 0.25) is 0 Å². The molecule has 0 saturated carbocycles. The summed E-state index contributed by atoms with van der Waals surface area (Å²) >= 11 is 0. The van der Waals surface area contributed by atoms with Gasteiger partial charge in [-0.05, 0) is 38.5 Å². The molecule has 1 N–H and O–H groups in total. The zero-order valence-electron chi connectivity index (χ0n) is 14.7. The first-order valence-electron chi connectivity index (χ1n) is 8.18. The Morgan fingerprint density at radius 3 is 2.08 bits per heavy atom. The highest BCUT2D eigenvalue weighted by atomic mass is 32.2. The summed E-state index contributed by atoms with van der Waals surface area (Å²) in [6, 6.07) is 16.5. The Balaban J connectivity index is 2.36. The first kappa shape index (κ1) is 20.0. The van der Waals surface area contributed by atoms with Gasteiger partial charge >= 0.3 is 7.60 Å². The maximum atomic E-state index is 13.3. The number of hydrogen-bond acceptors (Lipinski definition) is 4. The van der Waals surface area contributed by atoms with Gasteiger partial charge in [-0.25, -0.2) is 8.93 Å². The van der Waals surface area contributed by atoms with E-state index in [9.17, 15) is 8.77 Å². The van der Waals surface area contributed by atoms with Crippen LogP contribution in [0.4, 0.5) is 0 Å². The zero-order chi connectivity index (χ0) is 18.3. The first-order valence-corrected chi connectivity index (χ1v) is 10.9. The molecule has 0 aromatic heterocycles. The SMILES string of the molecule is CCOP(=O)(OCC)[C@@H](NS(=O)c1ccc(C)cc1)c1ccccc1. The number of benzene rings is 2. The van der Waals surface area contributed by atoms with E-state index < -0.39 is 24.4 Å². The second kappa shape index (κ2) is 9.41. The van der Waals surface area contributed by atoms with Gasteiger partial charge in [-0.3, -0.25) is 4.57 Å². The van der Waals surface area contributed by atoms with Crippen molar-refractivity contribution in [1.29, 1.82) is 0 Å². The molecule has 5 nitrogen and oxygen atoms in total. The Hall–Kier alpha value is -1.30. The van der Waals surface area contributed by atoms with Crippen LogP contribution in [-0.2, 0) is 24.6 Å². The molecule has 1 unspecified atom stereocenters. The van der Waals surface area contributed by atoms with E-state index in [1.54, 1.807) is 26.0 Å². The second-order valence-corrected chi connectivity index (χ2v) is 8.75. The van der Waals surface area contributed by atoms with Crippen LogP contribution < -0.4 is 4.72 Å². The van der Waals surface area contributed by atoms with Crippen molar-refractivity contribution in [3.05, 3.63) is 65.7 Å². The van der Waals surface area contributed by atoms with Gasteiger partial charge in [0.05, 0.1) is 18.1 Å². The Morgan fingerprint density at radius 2 is 1.56 bits per heavy atom. The quantitative estimate of drug-likeness (QED) is 0.646. The molecule has 136 valence electrons. The summed E-state index contributed by atoms with van der Waals surface area (Å²) in [7, 11) is -5.10. The summed E-state index contributed by atoms with van der Waals surface area (Å²) in [5.74, 6) is -0.823. The third-order valence-electron chi connectivity index (χ3n) is 3.50. The molecule has 0 bridgehead atoms. The molecule has 0 aliphatic heterocycles. The average molecular weight is 381 g/mol. The van der Waals surface area contributed by atoms with Crippen molar-refractivity contribution >= 4 is 18.6 Å². The van der Waals surface area contributed by atoms with Gasteiger partial charge in [0, 0.05) is 0 Å². The summed E-state index contributed by atoms with van der Waals surface area (Å²) in [6.45, 7) is 5.94. The van der Waals surface area contributed by atoms with E-state index in [0.717, 1.165) is 5.56 Å². The molecule has 0 saturated heterocycles. The highest BCUT2D eigenvalue weighted by molar-refractivity contribution is 7.83. The van der Waals surface area contributed by atoms with Crippen LogP contribution in [-0.4, -0.2) is 17.4 Å². The zero-order valence-corrected chi connectivity index (χ0v) is 16.4. The van der Waals surface area contributed by atoms with E-state index in [1.165, 1.54) is 0 Å². The number of hydrogen-bond donors (Lipinski definition) is 1. The van der Waals surface area contributed by atoms with Crippen molar-refractivity contribution in [2.75, 3.05) is 13.2 Å². The lowest BCUT2D eigenvalue weighted by atomic mass is 10.2. The van der Waals surface area contributed by atoms with Crippen LogP contribution in [0.5, 0.6) is 0 Å². The smallest absolute Gasteiger partial charge is 0.308 e. The molecule has 2 atom stereocenters. The lowest BCUT2D eigenvalue weighted by Gasteiger charge is -2.27. The van der Waals surface area contributed by atoms with Crippen LogP contribution in [0.25, 0.3) is 0 Å². The molecular formula is C18H24NO4PS. The van der Waals surface area contributed by atoms with E-state index in [2.05, 4.69) is 4.72 Å². The van der Waals surface area contributed by atoms with Crippen molar-refractivity contribution in [1.82, 2.24) is 4.72 Å². The van der Waals surface area contributed by atoms with E-state index in [1.807, 2.05) is 49.4 Å². The summed E-state index contributed by atoms with van der Waals surface area (Å²) in [4.78, 5) is 0.603. The summed E-state index contributed by atoms with van der Waals surface area (Å²) in [6.07, 6.45) is 0. The molecule has 0 aliphatic rings. The highest BCUT2D eigenvalue weighted by Crippen LogP contribution is 2.59. The van der Waals surface area contributed by atoms with Crippen molar-refractivity contribution in [3.63, 3.8) is 0 Å². The summed E-state index contributed by atoms with van der Waals surface area (Å²) in [5.41, 5.74) is 1.78. The van der Waals surface area contributed by atoms with Gasteiger partial charge in [-0.1, -0.05) is 48.0 Å². The fraction of sp³-hybridized carbons (Fsp3) is 0.333. The first-order chi connectivity index (χ1) is 12.0. The average Bonchev–Trinajstić information content (AvgIpc) is 2.61. The molecule has 2 aromatic carbocycles. The lowest BCUT2D eigenvalue weighted by Crippen LogP contribution is -2.25. The minimum absolute atomic E-state index is 0.236. The van der Waals surface area contributed by atoms with E-state index >= 15 is 0 Å². The predicted molar refractivity (Wildman–Crippen MR) is 101 cm³/mol. The fourth-order valence-electron chi connectivity index (χ4n) is 2.33. The van der Waals surface area contributed by atoms with Gasteiger partial charge in [0.15, 0.2) is 0 Å². The molecule has 2 aromatic rings. The normalized spacial score (nSPS) is 14.2. The molecule has 0 fully saturated rings. The Bertz CT molecular complexity index is 727. The summed E-state index contributed by atoms with van der Waals surface area (Å²) < 4.78 is 40.0. The van der Waals surface area contributed by atoms with Gasteiger partial charge in [-0.2, -0.15) is 0 Å². The van der Waals surface area contributed by atoms with Crippen LogP contribution in [0.3, 0.4) is 0 Å². The van der Waals surface area contributed by atoms with E-state index in [4.69, 9.17) is 9.05 Å². The number of rotatable bonds is 9.